The number of nitrogens with zero attached hydrogens (tertiary/aromatic N) is 2. The number of hydrogen-bond acceptors (Lipinski definition) is 7. The molecule has 0 bridgehead atoms. The third kappa shape index (κ3) is 5.18. The first-order valence-electron chi connectivity index (χ1n) is 10.1. The number of piperazine rings is 1. The van der Waals surface area contributed by atoms with E-state index in [0.29, 0.717) is 43.4 Å². The van der Waals surface area contributed by atoms with E-state index >= 15 is 0 Å². The van der Waals surface area contributed by atoms with Crippen molar-refractivity contribution in [3.8, 4) is 11.5 Å². The zero-order chi connectivity index (χ0) is 22.7. The van der Waals surface area contributed by atoms with Crippen molar-refractivity contribution in [3.05, 3.63) is 48.5 Å². The van der Waals surface area contributed by atoms with Gasteiger partial charge in [0.05, 0.1) is 11.4 Å². The topological polar surface area (TPSA) is 131 Å². The molecule has 0 saturated carbocycles. The molecule has 2 aromatic rings. The molecule has 2 aliphatic heterocycles. The Kier molecular flexibility index (Phi) is 6.31. The average molecular weight is 461 g/mol. The van der Waals surface area contributed by atoms with Crippen LogP contribution < -0.4 is 19.9 Å². The third-order valence-corrected chi connectivity index (χ3v) is 6.19. The van der Waals surface area contributed by atoms with E-state index in [2.05, 4.69) is 5.32 Å². The minimum Gasteiger partial charge on any atom is -0.485 e. The maximum Gasteiger partial charge on any atom is 0.267 e. The van der Waals surface area contributed by atoms with Crippen LogP contribution in [0.1, 0.15) is 0 Å². The molecule has 11 heteroatoms. The van der Waals surface area contributed by atoms with Crippen molar-refractivity contribution in [3.63, 3.8) is 0 Å². The van der Waals surface area contributed by atoms with Gasteiger partial charge < -0.3 is 19.7 Å². The smallest absolute Gasteiger partial charge is 0.267 e. The number of anilines is 1. The molecule has 0 aromatic heterocycles. The van der Waals surface area contributed by atoms with Crippen molar-refractivity contribution in [2.75, 3.05) is 44.6 Å². The first-order valence-corrected chi connectivity index (χ1v) is 11.7. The van der Waals surface area contributed by atoms with Gasteiger partial charge in [0.25, 0.3) is 5.91 Å². The number of para-hydroxylation sites is 2. The summed E-state index contributed by atoms with van der Waals surface area (Å²) < 4.78 is 34.3. The summed E-state index contributed by atoms with van der Waals surface area (Å²) in [5.74, 6) is 0.765. The van der Waals surface area contributed by atoms with E-state index in [1.807, 2.05) is 17.0 Å². The Morgan fingerprint density at radius 3 is 2.47 bits per heavy atom. The molecule has 0 aliphatic carbocycles. The number of carbonyl (C=O) groups is 2. The maximum atomic E-state index is 12.8. The van der Waals surface area contributed by atoms with Gasteiger partial charge in [0.15, 0.2) is 11.5 Å². The highest BCUT2D eigenvalue weighted by Crippen LogP contribution is 2.31. The number of benzene rings is 2. The Morgan fingerprint density at radius 2 is 1.75 bits per heavy atom. The molecule has 0 radical (unpaired) electrons. The monoisotopic (exact) mass is 460 g/mol. The van der Waals surface area contributed by atoms with E-state index in [4.69, 9.17) is 14.6 Å². The second kappa shape index (κ2) is 9.15. The van der Waals surface area contributed by atoms with Crippen LogP contribution in [0.15, 0.2) is 53.4 Å². The highest BCUT2D eigenvalue weighted by atomic mass is 32.2. The van der Waals surface area contributed by atoms with Crippen molar-refractivity contribution in [1.29, 1.82) is 0 Å². The van der Waals surface area contributed by atoms with E-state index in [-0.39, 0.29) is 29.9 Å². The Bertz CT molecular complexity index is 1110. The van der Waals surface area contributed by atoms with Gasteiger partial charge in [-0.1, -0.05) is 18.2 Å². The van der Waals surface area contributed by atoms with Crippen molar-refractivity contribution in [2.45, 2.75) is 11.0 Å². The number of primary sulfonamides is 1. The second-order valence-electron chi connectivity index (χ2n) is 7.59. The lowest BCUT2D eigenvalue weighted by Crippen LogP contribution is -2.54. The normalized spacial score (nSPS) is 18.8. The Hall–Kier alpha value is -3.15. The molecule has 3 N–H and O–H groups in total. The van der Waals surface area contributed by atoms with E-state index in [1.54, 1.807) is 23.1 Å². The summed E-state index contributed by atoms with van der Waals surface area (Å²) in [4.78, 5) is 28.8. The van der Waals surface area contributed by atoms with Crippen LogP contribution in [0, 0.1) is 0 Å². The van der Waals surface area contributed by atoms with Crippen LogP contribution in [0.4, 0.5) is 5.69 Å². The van der Waals surface area contributed by atoms with Gasteiger partial charge in [0.1, 0.15) is 6.61 Å². The summed E-state index contributed by atoms with van der Waals surface area (Å²) >= 11 is 0. The molecule has 1 fully saturated rings. The lowest BCUT2D eigenvalue weighted by molar-refractivity contribution is -0.143. The summed E-state index contributed by atoms with van der Waals surface area (Å²) in [6, 6.07) is 13.0. The van der Waals surface area contributed by atoms with Crippen LogP contribution in [-0.2, 0) is 19.6 Å². The Balaban J connectivity index is 1.26. The average Bonchev–Trinajstić information content (AvgIpc) is 2.78. The van der Waals surface area contributed by atoms with Crippen molar-refractivity contribution in [1.82, 2.24) is 9.80 Å². The molecule has 1 atom stereocenters. The van der Waals surface area contributed by atoms with E-state index in [1.165, 1.54) is 18.2 Å². The van der Waals surface area contributed by atoms with Gasteiger partial charge in [0.2, 0.25) is 22.0 Å². The van der Waals surface area contributed by atoms with Gasteiger partial charge in [-0.25, -0.2) is 13.6 Å². The molecule has 0 unspecified atom stereocenters. The molecule has 10 nitrogen and oxygen atoms in total. The zero-order valence-corrected chi connectivity index (χ0v) is 18.1. The molecule has 0 spiro atoms. The minimum atomic E-state index is -3.85. The van der Waals surface area contributed by atoms with Gasteiger partial charge in [-0.15, -0.1) is 0 Å². The number of nitrogens with two attached hydrogens (primary N) is 1. The van der Waals surface area contributed by atoms with Gasteiger partial charge in [-0.05, 0) is 30.3 Å². The number of ether oxygens (including phenoxy) is 2. The summed E-state index contributed by atoms with van der Waals surface area (Å²) in [7, 11) is -3.85. The number of amides is 2. The lowest BCUT2D eigenvalue weighted by atomic mass is 10.2. The molecule has 4 rings (SSSR count). The van der Waals surface area contributed by atoms with Crippen molar-refractivity contribution >= 4 is 27.5 Å². The van der Waals surface area contributed by atoms with Gasteiger partial charge >= 0.3 is 0 Å². The van der Waals surface area contributed by atoms with E-state index in [9.17, 15) is 18.0 Å². The second-order valence-corrected chi connectivity index (χ2v) is 9.15. The van der Waals surface area contributed by atoms with Crippen LogP contribution in [-0.4, -0.2) is 75.5 Å². The van der Waals surface area contributed by atoms with E-state index < -0.39 is 16.1 Å². The number of nitrogens with one attached hydrogen (secondary N) is 1. The summed E-state index contributed by atoms with van der Waals surface area (Å²) in [6.07, 6.45) is -0.689. The number of fused-ring (bicyclic) bond motifs is 1. The zero-order valence-electron chi connectivity index (χ0n) is 17.3. The molecule has 1 saturated heterocycles. The van der Waals surface area contributed by atoms with Crippen molar-refractivity contribution in [2.24, 2.45) is 5.14 Å². The molecular weight excluding hydrogens is 436 g/mol. The Morgan fingerprint density at radius 1 is 1.03 bits per heavy atom. The van der Waals surface area contributed by atoms with Crippen LogP contribution in [0.25, 0.3) is 0 Å². The van der Waals surface area contributed by atoms with Crippen molar-refractivity contribution < 1.29 is 27.5 Å². The molecule has 32 heavy (non-hydrogen) atoms. The van der Waals surface area contributed by atoms with Gasteiger partial charge in [-0.3, -0.25) is 14.5 Å². The summed E-state index contributed by atoms with van der Waals surface area (Å²) in [5, 5.41) is 7.80. The largest absolute Gasteiger partial charge is 0.485 e. The Labute approximate surface area is 185 Å². The minimum absolute atomic E-state index is 0.0704. The fraction of sp³-hybridized carbons (Fsp3) is 0.333. The van der Waals surface area contributed by atoms with Crippen LogP contribution in [0.3, 0.4) is 0 Å². The fourth-order valence-electron chi connectivity index (χ4n) is 3.63. The SMILES string of the molecule is NS(=O)(=O)c1cccc(NC(=O)CN2CCN(C(=O)[C@@H]3COc4ccccc4O3)CC2)c1. The van der Waals surface area contributed by atoms with Gasteiger partial charge in [0, 0.05) is 31.9 Å². The van der Waals surface area contributed by atoms with Gasteiger partial charge in [-0.2, -0.15) is 0 Å². The van der Waals surface area contributed by atoms with Crippen LogP contribution >= 0.6 is 0 Å². The molecule has 2 aromatic carbocycles. The number of sulfonamides is 1. The molecule has 2 amide bonds. The molecular formula is C21H24N4O6S. The lowest BCUT2D eigenvalue weighted by Gasteiger charge is -2.36. The quantitative estimate of drug-likeness (QED) is 0.654. The number of hydrogen-bond donors (Lipinski definition) is 2. The first kappa shape index (κ1) is 22.1. The highest BCUT2D eigenvalue weighted by Gasteiger charge is 2.32. The van der Waals surface area contributed by atoms with E-state index in [0.717, 1.165) is 0 Å². The molecule has 2 aliphatic rings. The number of rotatable bonds is 5. The first-order chi connectivity index (χ1) is 15.3. The maximum absolute atomic E-state index is 12.8. The predicted molar refractivity (Wildman–Crippen MR) is 116 cm³/mol. The highest BCUT2D eigenvalue weighted by molar-refractivity contribution is 7.89. The van der Waals surface area contributed by atoms with Crippen LogP contribution in [0.2, 0.25) is 0 Å². The molecule has 170 valence electrons. The number of carbonyl (C=O) groups excluding carboxylic acids is 2. The van der Waals surface area contributed by atoms with Crippen LogP contribution in [0.5, 0.6) is 11.5 Å². The summed E-state index contributed by atoms with van der Waals surface area (Å²) in [6.45, 7) is 2.28. The predicted octanol–water partition coefficient (Wildman–Crippen LogP) is 0.257. The fourth-order valence-corrected chi connectivity index (χ4v) is 4.19. The third-order valence-electron chi connectivity index (χ3n) is 5.28. The molecule has 2 heterocycles. The standard InChI is InChI=1S/C21H24N4O6S/c22-32(28,29)16-5-3-4-15(12-16)23-20(26)13-24-8-10-25(11-9-24)21(27)19-14-30-17-6-1-2-7-18(17)31-19/h1-7,12,19H,8-11,13-14H2,(H,23,26)(H2,22,28,29)/t19-/m0/s1. The summed E-state index contributed by atoms with van der Waals surface area (Å²) in [5.41, 5.74) is 0.352.